The van der Waals surface area contributed by atoms with Crippen molar-refractivity contribution in [2.24, 2.45) is 0 Å². The summed E-state index contributed by atoms with van der Waals surface area (Å²) in [5, 5.41) is 12.2. The van der Waals surface area contributed by atoms with Crippen LogP contribution < -0.4 is 10.1 Å². The van der Waals surface area contributed by atoms with Crippen LogP contribution in [-0.2, 0) is 4.79 Å². The van der Waals surface area contributed by atoms with Gasteiger partial charge in [-0.3, -0.25) is 9.36 Å². The summed E-state index contributed by atoms with van der Waals surface area (Å²) in [4.78, 5) is 12.8. The summed E-state index contributed by atoms with van der Waals surface area (Å²) < 4.78 is 22.8. The number of nitrogens with one attached hydrogen (secondary N) is 1. The summed E-state index contributed by atoms with van der Waals surface area (Å²) in [6.07, 6.45) is -0.589. The van der Waals surface area contributed by atoms with E-state index >= 15 is 0 Å². The highest BCUT2D eigenvalue weighted by Gasteiger charge is 2.22. The summed E-state index contributed by atoms with van der Waals surface area (Å²) in [6.45, 7) is 5.96. The van der Waals surface area contributed by atoms with Crippen molar-refractivity contribution in [2.45, 2.75) is 37.9 Å². The monoisotopic (exact) mass is 568 g/mol. The van der Waals surface area contributed by atoms with Crippen LogP contribution in [0.25, 0.3) is 5.69 Å². The highest BCUT2D eigenvalue weighted by atomic mass is 79.9. The van der Waals surface area contributed by atoms with E-state index in [0.29, 0.717) is 11.0 Å². The highest BCUT2D eigenvalue weighted by Crippen LogP contribution is 2.30. The van der Waals surface area contributed by atoms with Gasteiger partial charge in [0.25, 0.3) is 0 Å². The Morgan fingerprint density at radius 3 is 2.50 bits per heavy atom. The fourth-order valence-corrected chi connectivity index (χ4v) is 4.82. The smallest absolute Gasteiger partial charge is 0.234 e. The Morgan fingerprint density at radius 1 is 1.06 bits per heavy atom. The number of aromatic nitrogens is 3. The maximum atomic E-state index is 14.2. The maximum absolute atomic E-state index is 14.2. The molecule has 4 aromatic rings. The minimum Gasteiger partial charge on any atom is -0.480 e. The van der Waals surface area contributed by atoms with Gasteiger partial charge in [0.2, 0.25) is 5.91 Å². The highest BCUT2D eigenvalue weighted by molar-refractivity contribution is 9.10. The van der Waals surface area contributed by atoms with Crippen molar-refractivity contribution < 1.29 is 13.9 Å². The van der Waals surface area contributed by atoms with Crippen molar-refractivity contribution >= 4 is 39.3 Å². The number of anilines is 1. The molecule has 0 aliphatic rings. The first-order valence-electron chi connectivity index (χ1n) is 11.5. The van der Waals surface area contributed by atoms with Crippen molar-refractivity contribution in [3.63, 3.8) is 0 Å². The van der Waals surface area contributed by atoms with E-state index in [9.17, 15) is 9.18 Å². The lowest BCUT2D eigenvalue weighted by Gasteiger charge is -2.17. The van der Waals surface area contributed by atoms with Gasteiger partial charge in [-0.05, 0) is 60.9 Å². The molecule has 0 radical (unpaired) electrons. The van der Waals surface area contributed by atoms with Gasteiger partial charge in [0, 0.05) is 15.8 Å². The van der Waals surface area contributed by atoms with Crippen molar-refractivity contribution in [2.75, 3.05) is 11.1 Å². The number of carbonyl (C=O) groups excluding carboxylic acids is 1. The summed E-state index contributed by atoms with van der Waals surface area (Å²) >= 11 is 4.77. The standard InChI is InChI=1S/C27H26BrFN4O2S/c1-17(2)21-15-19(28)13-14-23(21)30-25(34)16-36-27-32-31-26(33(27)20-9-5-4-6-10-20)18(3)35-24-12-8-7-11-22(24)29/h4-15,17-18H,16H2,1-3H3,(H,30,34). The largest absolute Gasteiger partial charge is 0.480 e. The molecule has 0 fully saturated rings. The molecule has 0 spiro atoms. The van der Waals surface area contributed by atoms with Crippen LogP contribution in [0.5, 0.6) is 5.75 Å². The quantitative estimate of drug-likeness (QED) is 0.217. The summed E-state index contributed by atoms with van der Waals surface area (Å²) in [7, 11) is 0. The first kappa shape index (κ1) is 25.9. The number of hydrogen-bond acceptors (Lipinski definition) is 5. The molecule has 1 N–H and O–H groups in total. The van der Waals surface area contributed by atoms with Crippen LogP contribution in [0.1, 0.15) is 44.2 Å². The number of amides is 1. The predicted molar refractivity (Wildman–Crippen MR) is 144 cm³/mol. The van der Waals surface area contributed by atoms with E-state index in [4.69, 9.17) is 4.74 Å². The zero-order chi connectivity index (χ0) is 25.7. The van der Waals surface area contributed by atoms with Crippen LogP contribution in [0.4, 0.5) is 10.1 Å². The van der Waals surface area contributed by atoms with Crippen LogP contribution in [0.3, 0.4) is 0 Å². The number of benzene rings is 3. The van der Waals surface area contributed by atoms with Gasteiger partial charge < -0.3 is 10.1 Å². The van der Waals surface area contributed by atoms with E-state index in [1.165, 1.54) is 17.8 Å². The van der Waals surface area contributed by atoms with Gasteiger partial charge in [-0.15, -0.1) is 10.2 Å². The van der Waals surface area contributed by atoms with E-state index in [1.54, 1.807) is 25.1 Å². The number of hydrogen-bond donors (Lipinski definition) is 1. The third-order valence-corrected chi connectivity index (χ3v) is 6.84. The lowest BCUT2D eigenvalue weighted by atomic mass is 10.0. The Morgan fingerprint density at radius 2 is 1.78 bits per heavy atom. The van der Waals surface area contributed by atoms with Crippen LogP contribution in [0.2, 0.25) is 0 Å². The minimum absolute atomic E-state index is 0.136. The number of thioether (sulfide) groups is 1. The second-order valence-electron chi connectivity index (χ2n) is 8.43. The molecule has 36 heavy (non-hydrogen) atoms. The Labute approximate surface area is 222 Å². The minimum atomic E-state index is -0.589. The number of nitrogens with zero attached hydrogens (tertiary/aromatic N) is 3. The van der Waals surface area contributed by atoms with E-state index in [0.717, 1.165) is 21.4 Å². The second-order valence-corrected chi connectivity index (χ2v) is 10.3. The van der Waals surface area contributed by atoms with Crippen LogP contribution in [0.15, 0.2) is 82.4 Å². The van der Waals surface area contributed by atoms with Gasteiger partial charge in [0.15, 0.2) is 28.7 Å². The summed E-state index contributed by atoms with van der Waals surface area (Å²) in [5.41, 5.74) is 2.66. The first-order valence-corrected chi connectivity index (χ1v) is 13.3. The Hall–Kier alpha value is -3.17. The molecule has 1 amide bonds. The molecule has 3 aromatic carbocycles. The lowest BCUT2D eigenvalue weighted by molar-refractivity contribution is -0.113. The van der Waals surface area contributed by atoms with Crippen molar-refractivity contribution in [1.82, 2.24) is 14.8 Å². The average molecular weight is 570 g/mol. The van der Waals surface area contributed by atoms with Crippen LogP contribution >= 0.6 is 27.7 Å². The molecule has 0 bridgehead atoms. The molecule has 0 saturated heterocycles. The molecule has 0 aliphatic carbocycles. The van der Waals surface area contributed by atoms with Gasteiger partial charge >= 0.3 is 0 Å². The Bertz CT molecular complexity index is 1350. The molecule has 0 aliphatic heterocycles. The molecule has 0 saturated carbocycles. The van der Waals surface area contributed by atoms with E-state index in [2.05, 4.69) is 45.3 Å². The van der Waals surface area contributed by atoms with E-state index < -0.39 is 11.9 Å². The average Bonchev–Trinajstić information content (AvgIpc) is 3.30. The maximum Gasteiger partial charge on any atom is 0.234 e. The van der Waals surface area contributed by atoms with Crippen molar-refractivity contribution in [3.8, 4) is 11.4 Å². The third-order valence-electron chi connectivity index (χ3n) is 5.42. The normalized spacial score (nSPS) is 11.9. The van der Waals surface area contributed by atoms with Gasteiger partial charge in [-0.1, -0.05) is 71.9 Å². The number of rotatable bonds is 9. The number of carbonyl (C=O) groups is 1. The summed E-state index contributed by atoms with van der Waals surface area (Å²) in [5.74, 6) is 0.435. The van der Waals surface area contributed by atoms with Gasteiger partial charge in [0.1, 0.15) is 0 Å². The number of ether oxygens (including phenoxy) is 1. The zero-order valence-electron chi connectivity index (χ0n) is 20.1. The molecular weight excluding hydrogens is 543 g/mol. The molecule has 9 heteroatoms. The molecule has 1 heterocycles. The van der Waals surface area contributed by atoms with E-state index in [-0.39, 0.29) is 23.3 Å². The van der Waals surface area contributed by atoms with Crippen molar-refractivity contribution in [1.29, 1.82) is 0 Å². The number of halogens is 2. The van der Waals surface area contributed by atoms with Gasteiger partial charge in [0.05, 0.1) is 5.75 Å². The van der Waals surface area contributed by atoms with Crippen molar-refractivity contribution in [3.05, 3.63) is 94.5 Å². The molecule has 1 atom stereocenters. The molecule has 186 valence electrons. The third kappa shape index (κ3) is 6.14. The molecular formula is C27H26BrFN4O2S. The molecule has 1 aromatic heterocycles. The van der Waals surface area contributed by atoms with Crippen LogP contribution in [-0.4, -0.2) is 26.4 Å². The lowest BCUT2D eigenvalue weighted by Crippen LogP contribution is -2.16. The first-order chi connectivity index (χ1) is 17.3. The number of para-hydroxylation sites is 2. The summed E-state index contributed by atoms with van der Waals surface area (Å²) in [6, 6.07) is 21.6. The fraction of sp³-hybridized carbons (Fsp3) is 0.222. The zero-order valence-corrected chi connectivity index (χ0v) is 22.5. The Kier molecular flexibility index (Phi) is 8.43. The Balaban J connectivity index is 1.55. The predicted octanol–water partition coefficient (Wildman–Crippen LogP) is 7.16. The SMILES string of the molecule is CC(C)c1cc(Br)ccc1NC(=O)CSc1nnc(C(C)Oc2ccccc2F)n1-c1ccccc1. The molecule has 4 rings (SSSR count). The van der Waals surface area contributed by atoms with Gasteiger partial charge in [-0.2, -0.15) is 0 Å². The molecule has 6 nitrogen and oxygen atoms in total. The molecule has 1 unspecified atom stereocenters. The topological polar surface area (TPSA) is 69.0 Å². The van der Waals surface area contributed by atoms with Crippen LogP contribution in [0, 0.1) is 5.82 Å². The fourth-order valence-electron chi connectivity index (χ4n) is 3.68. The van der Waals surface area contributed by atoms with E-state index in [1.807, 2.05) is 53.1 Å². The second kappa shape index (κ2) is 11.7. The van der Waals surface area contributed by atoms with Gasteiger partial charge in [-0.25, -0.2) is 4.39 Å².